The van der Waals surface area contributed by atoms with Crippen molar-refractivity contribution in [2.75, 3.05) is 25.0 Å². The highest BCUT2D eigenvalue weighted by molar-refractivity contribution is 5.76. The summed E-state index contributed by atoms with van der Waals surface area (Å²) in [7, 11) is 0. The smallest absolute Gasteiger partial charge is 0.242 e. The minimum Gasteiger partial charge on any atom is -0.368 e. The van der Waals surface area contributed by atoms with Crippen molar-refractivity contribution < 1.29 is 9.53 Å². The number of hydrogen-bond acceptors (Lipinski definition) is 6. The highest BCUT2D eigenvalue weighted by Crippen LogP contribution is 2.23. The van der Waals surface area contributed by atoms with Gasteiger partial charge in [0.1, 0.15) is 30.1 Å². The maximum atomic E-state index is 12.9. The third-order valence-corrected chi connectivity index (χ3v) is 5.23. The van der Waals surface area contributed by atoms with Crippen molar-refractivity contribution in [3.8, 4) is 0 Å². The normalized spacial score (nSPS) is 16.5. The molecule has 1 atom stereocenters. The number of carbonyl (C=O) groups excluding carboxylic acids is 1. The lowest BCUT2D eigenvalue weighted by molar-refractivity contribution is -0.139. The van der Waals surface area contributed by atoms with E-state index in [0.29, 0.717) is 25.5 Å². The Morgan fingerprint density at radius 2 is 1.97 bits per heavy atom. The van der Waals surface area contributed by atoms with E-state index in [4.69, 9.17) is 9.72 Å². The fraction of sp³-hybridized carbons (Fsp3) is 0.391. The van der Waals surface area contributed by atoms with Crippen LogP contribution in [-0.4, -0.2) is 50.0 Å². The van der Waals surface area contributed by atoms with Crippen molar-refractivity contribution in [3.05, 3.63) is 66.0 Å². The van der Waals surface area contributed by atoms with E-state index in [-0.39, 0.29) is 24.5 Å². The summed E-state index contributed by atoms with van der Waals surface area (Å²) in [6.07, 6.45) is 3.34. The zero-order chi connectivity index (χ0) is 21.8. The van der Waals surface area contributed by atoms with Gasteiger partial charge in [0.2, 0.25) is 5.91 Å². The van der Waals surface area contributed by atoms with E-state index < -0.39 is 0 Å². The Morgan fingerprint density at radius 1 is 1.19 bits per heavy atom. The summed E-state index contributed by atoms with van der Waals surface area (Å²) >= 11 is 0. The van der Waals surface area contributed by atoms with Gasteiger partial charge in [0.15, 0.2) is 0 Å². The Bertz CT molecular complexity index is 1050. The van der Waals surface area contributed by atoms with E-state index in [1.54, 1.807) is 6.20 Å². The minimum atomic E-state index is -0.266. The standard InChI is InChI=1S/C23H28N6O2/c1-16(2)23-24-10-11-29(23)15-22(30)28-12-13-31-19(14-28)18-7-5-9-21(26-18)27-20-8-4-6-17(3)25-20/h4-11,16,19H,12-15H2,1-3H3,(H,25,26,27)/t19-/m0/s1. The van der Waals surface area contributed by atoms with E-state index >= 15 is 0 Å². The van der Waals surface area contributed by atoms with Gasteiger partial charge in [0, 0.05) is 30.6 Å². The molecule has 0 unspecified atom stereocenters. The van der Waals surface area contributed by atoms with E-state index in [9.17, 15) is 4.79 Å². The second-order valence-electron chi connectivity index (χ2n) is 8.00. The van der Waals surface area contributed by atoms with Gasteiger partial charge in [0.25, 0.3) is 0 Å². The van der Waals surface area contributed by atoms with Crippen molar-refractivity contribution in [1.82, 2.24) is 24.4 Å². The van der Waals surface area contributed by atoms with Crippen molar-refractivity contribution >= 4 is 17.5 Å². The molecule has 0 radical (unpaired) electrons. The SMILES string of the molecule is Cc1cccc(Nc2cccc([C@@H]3CN(C(=O)Cn4ccnc4C(C)C)CCO3)n2)n1. The number of morpholine rings is 1. The average Bonchev–Trinajstić information content (AvgIpc) is 3.22. The summed E-state index contributed by atoms with van der Waals surface area (Å²) in [6, 6.07) is 11.6. The molecule has 8 nitrogen and oxygen atoms in total. The summed E-state index contributed by atoms with van der Waals surface area (Å²) in [5.74, 6) is 2.69. The quantitative estimate of drug-likeness (QED) is 0.657. The van der Waals surface area contributed by atoms with Gasteiger partial charge in [0.05, 0.1) is 18.8 Å². The lowest BCUT2D eigenvalue weighted by atomic mass is 10.1. The third-order valence-electron chi connectivity index (χ3n) is 5.23. The molecule has 3 aromatic rings. The van der Waals surface area contributed by atoms with Crippen LogP contribution in [0.3, 0.4) is 0 Å². The molecule has 4 rings (SSSR count). The summed E-state index contributed by atoms with van der Waals surface area (Å²) in [4.78, 5) is 28.3. The molecule has 4 heterocycles. The van der Waals surface area contributed by atoms with Crippen LogP contribution in [0.2, 0.25) is 0 Å². The Kier molecular flexibility index (Phi) is 6.27. The summed E-state index contributed by atoms with van der Waals surface area (Å²) < 4.78 is 7.87. The largest absolute Gasteiger partial charge is 0.368 e. The third kappa shape index (κ3) is 5.08. The van der Waals surface area contributed by atoms with E-state index in [1.807, 2.05) is 59.0 Å². The molecule has 0 aliphatic carbocycles. The summed E-state index contributed by atoms with van der Waals surface area (Å²) in [6.45, 7) is 7.92. The number of aryl methyl sites for hydroxylation is 1. The molecular formula is C23H28N6O2. The molecule has 1 fully saturated rings. The lowest BCUT2D eigenvalue weighted by Gasteiger charge is -2.33. The fourth-order valence-electron chi connectivity index (χ4n) is 3.70. The second kappa shape index (κ2) is 9.26. The fourth-order valence-corrected chi connectivity index (χ4v) is 3.70. The Hall–Kier alpha value is -3.26. The monoisotopic (exact) mass is 420 g/mol. The highest BCUT2D eigenvalue weighted by atomic mass is 16.5. The average molecular weight is 421 g/mol. The number of carbonyl (C=O) groups is 1. The first kappa shape index (κ1) is 21.0. The van der Waals surface area contributed by atoms with Gasteiger partial charge in [-0.25, -0.2) is 15.0 Å². The van der Waals surface area contributed by atoms with Crippen LogP contribution in [0.1, 0.15) is 43.1 Å². The van der Waals surface area contributed by atoms with Crippen molar-refractivity contribution in [2.24, 2.45) is 0 Å². The summed E-state index contributed by atoms with van der Waals surface area (Å²) in [5, 5.41) is 3.24. The maximum absolute atomic E-state index is 12.9. The van der Waals surface area contributed by atoms with Gasteiger partial charge in [-0.15, -0.1) is 0 Å². The number of nitrogens with one attached hydrogen (secondary N) is 1. The van der Waals surface area contributed by atoms with Crippen molar-refractivity contribution in [1.29, 1.82) is 0 Å². The van der Waals surface area contributed by atoms with Crippen molar-refractivity contribution in [3.63, 3.8) is 0 Å². The van der Waals surface area contributed by atoms with Crippen LogP contribution in [-0.2, 0) is 16.1 Å². The molecule has 1 aliphatic heterocycles. The van der Waals surface area contributed by atoms with Crippen LogP contribution >= 0.6 is 0 Å². The molecule has 0 aromatic carbocycles. The molecular weight excluding hydrogens is 392 g/mol. The predicted molar refractivity (Wildman–Crippen MR) is 118 cm³/mol. The van der Waals surface area contributed by atoms with Crippen molar-refractivity contribution in [2.45, 2.75) is 39.3 Å². The number of rotatable bonds is 6. The van der Waals surface area contributed by atoms with E-state index in [0.717, 1.165) is 23.0 Å². The minimum absolute atomic E-state index is 0.0615. The number of amides is 1. The van der Waals surface area contributed by atoms with E-state index in [1.165, 1.54) is 0 Å². The number of imidazole rings is 1. The van der Waals surface area contributed by atoms with Crippen LogP contribution in [0.5, 0.6) is 0 Å². The first-order chi connectivity index (χ1) is 15.0. The molecule has 8 heteroatoms. The molecule has 1 aliphatic rings. The molecule has 3 aromatic heterocycles. The van der Waals surface area contributed by atoms with Gasteiger partial charge in [-0.3, -0.25) is 4.79 Å². The van der Waals surface area contributed by atoms with Crippen LogP contribution < -0.4 is 5.32 Å². The zero-order valence-corrected chi connectivity index (χ0v) is 18.2. The lowest BCUT2D eigenvalue weighted by Crippen LogP contribution is -2.44. The maximum Gasteiger partial charge on any atom is 0.242 e. The van der Waals surface area contributed by atoms with E-state index in [2.05, 4.69) is 29.1 Å². The molecule has 1 saturated heterocycles. The Morgan fingerprint density at radius 3 is 2.74 bits per heavy atom. The number of aromatic nitrogens is 4. The molecule has 31 heavy (non-hydrogen) atoms. The van der Waals surface area contributed by atoms with Gasteiger partial charge in [-0.05, 0) is 31.2 Å². The van der Waals surface area contributed by atoms with Gasteiger partial charge in [-0.2, -0.15) is 0 Å². The second-order valence-corrected chi connectivity index (χ2v) is 8.00. The van der Waals surface area contributed by atoms with Crippen LogP contribution in [0, 0.1) is 6.92 Å². The van der Waals surface area contributed by atoms with Crippen LogP contribution in [0.4, 0.5) is 11.6 Å². The number of ether oxygens (including phenoxy) is 1. The molecule has 0 bridgehead atoms. The van der Waals surface area contributed by atoms with Gasteiger partial charge in [-0.1, -0.05) is 26.0 Å². The van der Waals surface area contributed by atoms with Crippen LogP contribution in [0.15, 0.2) is 48.8 Å². The number of pyridine rings is 2. The highest BCUT2D eigenvalue weighted by Gasteiger charge is 2.27. The number of nitrogens with zero attached hydrogens (tertiary/aromatic N) is 5. The Labute approximate surface area is 182 Å². The van der Waals surface area contributed by atoms with Crippen LogP contribution in [0.25, 0.3) is 0 Å². The number of hydrogen-bond donors (Lipinski definition) is 1. The van der Waals surface area contributed by atoms with Gasteiger partial charge >= 0.3 is 0 Å². The van der Waals surface area contributed by atoms with Gasteiger partial charge < -0.3 is 19.5 Å². The zero-order valence-electron chi connectivity index (χ0n) is 18.2. The molecule has 0 saturated carbocycles. The predicted octanol–water partition coefficient (Wildman–Crippen LogP) is 3.45. The first-order valence-electron chi connectivity index (χ1n) is 10.6. The summed E-state index contributed by atoms with van der Waals surface area (Å²) in [5.41, 5.74) is 1.73. The first-order valence-corrected chi connectivity index (χ1v) is 10.6. The molecule has 1 N–H and O–H groups in total. The molecule has 0 spiro atoms. The number of anilines is 2. The molecule has 1 amide bonds. The topological polar surface area (TPSA) is 85.2 Å². The Balaban J connectivity index is 1.43. The molecule has 162 valence electrons.